The lowest BCUT2D eigenvalue weighted by atomic mass is 10.0. The number of carboxylic acids is 1. The zero-order valence-electron chi connectivity index (χ0n) is 14.2. The molecule has 2 aromatic rings. The van der Waals surface area contributed by atoms with Crippen molar-refractivity contribution in [1.82, 2.24) is 0 Å². The predicted molar refractivity (Wildman–Crippen MR) is 101 cm³/mol. The lowest BCUT2D eigenvalue weighted by Gasteiger charge is -2.15. The van der Waals surface area contributed by atoms with Gasteiger partial charge in [-0.2, -0.15) is 0 Å². The first-order valence-corrected chi connectivity index (χ1v) is 8.59. The Morgan fingerprint density at radius 2 is 1.77 bits per heavy atom. The van der Waals surface area contributed by atoms with Crippen LogP contribution in [-0.2, 0) is 9.59 Å². The van der Waals surface area contributed by atoms with Gasteiger partial charge >= 0.3 is 5.97 Å². The minimum atomic E-state index is -1.05. The van der Waals surface area contributed by atoms with E-state index in [0.29, 0.717) is 36.3 Å². The zero-order valence-corrected chi connectivity index (χ0v) is 15.0. The molecule has 5 nitrogen and oxygen atoms in total. The summed E-state index contributed by atoms with van der Waals surface area (Å²) in [6.07, 6.45) is 1.51. The van der Waals surface area contributed by atoms with Crippen molar-refractivity contribution >= 4 is 29.2 Å². The number of amides is 1. The minimum Gasteiger partial charge on any atom is -0.494 e. The van der Waals surface area contributed by atoms with E-state index >= 15 is 0 Å². The van der Waals surface area contributed by atoms with Crippen molar-refractivity contribution in [3.05, 3.63) is 58.6 Å². The Bertz CT molecular complexity index is 890. The Kier molecular flexibility index (Phi) is 5.28. The van der Waals surface area contributed by atoms with E-state index < -0.39 is 11.9 Å². The highest BCUT2D eigenvalue weighted by atomic mass is 35.5. The average Bonchev–Trinajstić information content (AvgIpc) is 3.14. The molecule has 0 unspecified atom stereocenters. The molecule has 3 rings (SSSR count). The molecule has 26 heavy (non-hydrogen) atoms. The van der Waals surface area contributed by atoms with Gasteiger partial charge in [-0.1, -0.05) is 41.9 Å². The predicted octanol–water partition coefficient (Wildman–Crippen LogP) is 4.52. The number of hydrogen-bond acceptors (Lipinski definition) is 3. The fourth-order valence-electron chi connectivity index (χ4n) is 3.13. The lowest BCUT2D eigenvalue weighted by molar-refractivity contribution is -0.133. The minimum absolute atomic E-state index is 0.173. The summed E-state index contributed by atoms with van der Waals surface area (Å²) >= 11 is 6.44. The summed E-state index contributed by atoms with van der Waals surface area (Å²) in [7, 11) is 1.52. The summed E-state index contributed by atoms with van der Waals surface area (Å²) in [5.74, 6) is -1.03. The molecule has 2 N–H and O–H groups in total. The molecule has 1 aliphatic carbocycles. The normalized spacial score (nSPS) is 13.6. The van der Waals surface area contributed by atoms with E-state index in [-0.39, 0.29) is 10.6 Å². The topological polar surface area (TPSA) is 75.6 Å². The second kappa shape index (κ2) is 7.62. The van der Waals surface area contributed by atoms with Gasteiger partial charge in [0, 0.05) is 16.7 Å². The third-order valence-electron chi connectivity index (χ3n) is 4.38. The third-order valence-corrected chi connectivity index (χ3v) is 4.76. The molecule has 2 aromatic carbocycles. The number of benzene rings is 2. The molecule has 0 radical (unpaired) electrons. The SMILES string of the molecule is COc1c(-c2ccccc2)ccc(NC(=O)C2=C(C(=O)O)CCC2)c1Cl. The van der Waals surface area contributed by atoms with Crippen LogP contribution in [0.1, 0.15) is 19.3 Å². The number of halogens is 1. The van der Waals surface area contributed by atoms with Gasteiger partial charge in [-0.05, 0) is 37.0 Å². The second-order valence-corrected chi connectivity index (χ2v) is 6.32. The number of carboxylic acid groups (broad SMARTS) is 1. The van der Waals surface area contributed by atoms with Gasteiger partial charge in [-0.15, -0.1) is 0 Å². The molecular formula is C20H18ClNO4. The number of ether oxygens (including phenoxy) is 1. The zero-order chi connectivity index (χ0) is 18.7. The molecule has 0 aliphatic heterocycles. The monoisotopic (exact) mass is 371 g/mol. The third kappa shape index (κ3) is 3.44. The van der Waals surface area contributed by atoms with E-state index in [0.717, 1.165) is 11.1 Å². The standard InChI is InChI=1S/C20H18ClNO4/c1-26-18-13(12-6-3-2-4-7-12)10-11-16(17(18)21)22-19(23)14-8-5-9-15(14)20(24)25/h2-4,6-7,10-11H,5,8-9H2,1H3,(H,22,23)(H,24,25). The summed E-state index contributed by atoms with van der Waals surface area (Å²) in [4.78, 5) is 23.8. The first-order valence-electron chi connectivity index (χ1n) is 8.21. The van der Waals surface area contributed by atoms with Crippen molar-refractivity contribution in [3.8, 4) is 16.9 Å². The maximum atomic E-state index is 12.5. The van der Waals surface area contributed by atoms with Crippen molar-refractivity contribution in [2.24, 2.45) is 0 Å². The summed E-state index contributed by atoms with van der Waals surface area (Å²) in [6.45, 7) is 0. The summed E-state index contributed by atoms with van der Waals surface area (Å²) in [6, 6.07) is 13.1. The van der Waals surface area contributed by atoms with Crippen molar-refractivity contribution in [3.63, 3.8) is 0 Å². The first kappa shape index (κ1) is 18.0. The van der Waals surface area contributed by atoms with E-state index in [9.17, 15) is 14.7 Å². The van der Waals surface area contributed by atoms with E-state index in [4.69, 9.17) is 16.3 Å². The number of carbonyl (C=O) groups is 2. The van der Waals surface area contributed by atoms with Crippen LogP contribution in [0.15, 0.2) is 53.6 Å². The van der Waals surface area contributed by atoms with Crippen LogP contribution in [0.4, 0.5) is 5.69 Å². The Morgan fingerprint density at radius 1 is 1.08 bits per heavy atom. The lowest BCUT2D eigenvalue weighted by Crippen LogP contribution is -2.16. The van der Waals surface area contributed by atoms with Crippen LogP contribution < -0.4 is 10.1 Å². The van der Waals surface area contributed by atoms with Gasteiger partial charge in [-0.3, -0.25) is 4.79 Å². The molecule has 0 fully saturated rings. The van der Waals surface area contributed by atoms with Gasteiger partial charge in [-0.25, -0.2) is 4.79 Å². The molecule has 0 aromatic heterocycles. The van der Waals surface area contributed by atoms with Crippen LogP contribution in [0.3, 0.4) is 0 Å². The van der Waals surface area contributed by atoms with Gasteiger partial charge in [0.25, 0.3) is 5.91 Å². The molecule has 0 atom stereocenters. The highest BCUT2D eigenvalue weighted by molar-refractivity contribution is 6.36. The molecular weight excluding hydrogens is 354 g/mol. The van der Waals surface area contributed by atoms with Gasteiger partial charge in [0.05, 0.1) is 12.8 Å². The highest BCUT2D eigenvalue weighted by Gasteiger charge is 2.26. The molecule has 0 bridgehead atoms. The van der Waals surface area contributed by atoms with Crippen molar-refractivity contribution in [1.29, 1.82) is 0 Å². The van der Waals surface area contributed by atoms with Gasteiger partial charge in [0.15, 0.2) is 0 Å². The Labute approximate surface area is 156 Å². The van der Waals surface area contributed by atoms with Crippen molar-refractivity contribution in [2.75, 3.05) is 12.4 Å². The van der Waals surface area contributed by atoms with Crippen molar-refractivity contribution in [2.45, 2.75) is 19.3 Å². The summed E-state index contributed by atoms with van der Waals surface area (Å²) < 4.78 is 5.45. The molecule has 1 amide bonds. The Morgan fingerprint density at radius 3 is 2.42 bits per heavy atom. The second-order valence-electron chi connectivity index (χ2n) is 5.94. The molecule has 0 saturated carbocycles. The Balaban J connectivity index is 1.94. The van der Waals surface area contributed by atoms with Crippen LogP contribution in [0.25, 0.3) is 11.1 Å². The molecule has 0 heterocycles. The van der Waals surface area contributed by atoms with Crippen LogP contribution in [0.5, 0.6) is 5.75 Å². The number of hydrogen-bond donors (Lipinski definition) is 2. The molecule has 0 saturated heterocycles. The largest absolute Gasteiger partial charge is 0.494 e. The Hall–Kier alpha value is -2.79. The summed E-state index contributed by atoms with van der Waals surface area (Å²) in [5.41, 5.74) is 2.61. The quantitative estimate of drug-likeness (QED) is 0.810. The number of methoxy groups -OCH3 is 1. The maximum absolute atomic E-state index is 12.5. The van der Waals surface area contributed by atoms with E-state index in [1.165, 1.54) is 7.11 Å². The highest BCUT2D eigenvalue weighted by Crippen LogP contribution is 2.41. The van der Waals surface area contributed by atoms with Crippen LogP contribution >= 0.6 is 11.6 Å². The molecule has 134 valence electrons. The molecule has 6 heteroatoms. The van der Waals surface area contributed by atoms with Gasteiger partial charge in [0.1, 0.15) is 10.8 Å². The van der Waals surface area contributed by atoms with E-state index in [1.807, 2.05) is 36.4 Å². The van der Waals surface area contributed by atoms with Gasteiger partial charge in [0.2, 0.25) is 0 Å². The molecule has 0 spiro atoms. The number of carbonyl (C=O) groups excluding carboxylic acids is 1. The van der Waals surface area contributed by atoms with Gasteiger partial charge < -0.3 is 15.2 Å². The molecule has 1 aliphatic rings. The average molecular weight is 372 g/mol. The van der Waals surface area contributed by atoms with Crippen molar-refractivity contribution < 1.29 is 19.4 Å². The maximum Gasteiger partial charge on any atom is 0.332 e. The number of nitrogens with one attached hydrogen (secondary N) is 1. The number of rotatable bonds is 5. The van der Waals surface area contributed by atoms with Crippen LogP contribution in [0.2, 0.25) is 5.02 Å². The fourth-order valence-corrected chi connectivity index (χ4v) is 3.41. The van der Waals surface area contributed by atoms with E-state index in [2.05, 4.69) is 5.32 Å². The van der Waals surface area contributed by atoms with Crippen LogP contribution in [0, 0.1) is 0 Å². The smallest absolute Gasteiger partial charge is 0.332 e. The van der Waals surface area contributed by atoms with Crippen LogP contribution in [-0.4, -0.2) is 24.1 Å². The fraction of sp³-hybridized carbons (Fsp3) is 0.200. The van der Waals surface area contributed by atoms with E-state index in [1.54, 1.807) is 6.07 Å². The number of aliphatic carboxylic acids is 1. The number of anilines is 1. The summed E-state index contributed by atoms with van der Waals surface area (Å²) in [5, 5.41) is 12.2. The first-order chi connectivity index (χ1) is 12.5.